The molecule has 0 N–H and O–H groups in total. The third-order valence-electron chi connectivity index (χ3n) is 10.0. The highest BCUT2D eigenvalue weighted by atomic mass is 16.7. The van der Waals surface area contributed by atoms with Gasteiger partial charge in [-0.25, -0.2) is 4.79 Å². The zero-order valence-corrected chi connectivity index (χ0v) is 22.1. The average molecular weight is 515 g/mol. The third kappa shape index (κ3) is 4.59. The van der Waals surface area contributed by atoms with Crippen LogP contribution in [0.3, 0.4) is 0 Å². The van der Waals surface area contributed by atoms with Gasteiger partial charge in [0, 0.05) is 24.7 Å². The van der Waals surface area contributed by atoms with Gasteiger partial charge in [0.25, 0.3) is 11.8 Å². The van der Waals surface area contributed by atoms with Crippen LogP contribution in [0.2, 0.25) is 0 Å². The fourth-order valence-corrected chi connectivity index (χ4v) is 7.98. The van der Waals surface area contributed by atoms with Crippen LogP contribution in [0.15, 0.2) is 16.8 Å². The quantitative estimate of drug-likeness (QED) is 0.296. The van der Waals surface area contributed by atoms with E-state index >= 15 is 0 Å². The number of hydrogen-bond donors (Lipinski definition) is 0. The molecule has 9 heteroatoms. The Balaban J connectivity index is 1.21. The van der Waals surface area contributed by atoms with Crippen molar-refractivity contribution in [1.82, 2.24) is 5.06 Å². The molecular formula is C28H38N2O7. The van der Waals surface area contributed by atoms with Crippen molar-refractivity contribution in [2.75, 3.05) is 6.61 Å². The summed E-state index contributed by atoms with van der Waals surface area (Å²) in [6.45, 7) is 6.16. The van der Waals surface area contributed by atoms with E-state index in [-0.39, 0.29) is 35.7 Å². The minimum atomic E-state index is -0.827. The van der Waals surface area contributed by atoms with Gasteiger partial charge in [0.05, 0.1) is 5.71 Å². The number of carbonyl (C=O) groups excluding carboxylic acids is 4. The van der Waals surface area contributed by atoms with Crippen molar-refractivity contribution in [2.24, 2.45) is 33.7 Å². The van der Waals surface area contributed by atoms with Crippen LogP contribution in [0.1, 0.15) is 91.4 Å². The highest BCUT2D eigenvalue weighted by Gasteiger charge is 2.59. The third-order valence-corrected chi connectivity index (χ3v) is 10.0. The van der Waals surface area contributed by atoms with Gasteiger partial charge in [-0.2, -0.15) is 0 Å². The number of carbonyl (C=O) groups is 4. The molecule has 9 nitrogen and oxygen atoms in total. The first-order valence-electron chi connectivity index (χ1n) is 13.8. The number of amides is 2. The molecule has 2 amide bonds. The molecule has 0 spiro atoms. The second-order valence-electron chi connectivity index (χ2n) is 11.9. The van der Waals surface area contributed by atoms with Gasteiger partial charge >= 0.3 is 11.9 Å². The summed E-state index contributed by atoms with van der Waals surface area (Å²) in [5, 5.41) is 4.69. The molecule has 0 aromatic heterocycles. The summed E-state index contributed by atoms with van der Waals surface area (Å²) in [6.07, 6.45) is 11.0. The van der Waals surface area contributed by atoms with Crippen LogP contribution in [0.5, 0.6) is 0 Å². The predicted octanol–water partition coefficient (Wildman–Crippen LogP) is 4.25. The molecule has 6 unspecified atom stereocenters. The number of hydrogen-bond acceptors (Lipinski definition) is 8. The van der Waals surface area contributed by atoms with E-state index in [0.717, 1.165) is 57.1 Å². The van der Waals surface area contributed by atoms with E-state index in [1.807, 2.05) is 6.92 Å². The Morgan fingerprint density at radius 2 is 1.73 bits per heavy atom. The number of oxime groups is 1. The number of nitrogens with zero attached hydrogens (tertiary/aromatic N) is 2. The van der Waals surface area contributed by atoms with Crippen LogP contribution in [0.4, 0.5) is 0 Å². The van der Waals surface area contributed by atoms with Crippen molar-refractivity contribution in [3.8, 4) is 0 Å². The summed E-state index contributed by atoms with van der Waals surface area (Å²) in [5.41, 5.74) is 2.42. The number of hydroxylamine groups is 2. The van der Waals surface area contributed by atoms with E-state index in [9.17, 15) is 19.2 Å². The standard InChI is InChI=1S/C28H38N2O7/c1-4-25(33)36-22-8-7-20-19-6-5-17-15-18(11-13-27(17,2)21(19)12-14-28(20,22)3)29-35-16-26(34)37-30-23(31)9-10-24(30)32/h15,19-22H,4-14,16H2,1-3H3. The van der Waals surface area contributed by atoms with Gasteiger partial charge in [0.15, 0.2) is 0 Å². The number of allylic oxidation sites excluding steroid dienone is 2. The minimum Gasteiger partial charge on any atom is -0.462 e. The molecule has 37 heavy (non-hydrogen) atoms. The predicted molar refractivity (Wildman–Crippen MR) is 132 cm³/mol. The maximum absolute atomic E-state index is 12.0. The molecule has 4 fully saturated rings. The van der Waals surface area contributed by atoms with Gasteiger partial charge < -0.3 is 14.4 Å². The lowest BCUT2D eigenvalue weighted by molar-refractivity contribution is -0.200. The summed E-state index contributed by atoms with van der Waals surface area (Å²) in [7, 11) is 0. The van der Waals surface area contributed by atoms with Gasteiger partial charge in [-0.1, -0.05) is 31.5 Å². The van der Waals surface area contributed by atoms with Gasteiger partial charge in [-0.15, -0.1) is 5.06 Å². The molecule has 6 atom stereocenters. The highest BCUT2D eigenvalue weighted by molar-refractivity contribution is 6.01. The second-order valence-corrected chi connectivity index (χ2v) is 11.9. The Bertz CT molecular complexity index is 1040. The Morgan fingerprint density at radius 1 is 0.973 bits per heavy atom. The molecule has 1 saturated heterocycles. The average Bonchev–Trinajstić information content (AvgIpc) is 3.37. The Hall–Kier alpha value is -2.71. The molecule has 0 aromatic carbocycles. The van der Waals surface area contributed by atoms with Gasteiger partial charge in [-0.05, 0) is 80.6 Å². The van der Waals surface area contributed by atoms with Crippen LogP contribution in [-0.2, 0) is 33.6 Å². The number of imide groups is 1. The Morgan fingerprint density at radius 3 is 2.46 bits per heavy atom. The molecule has 3 saturated carbocycles. The lowest BCUT2D eigenvalue weighted by atomic mass is 9.47. The lowest BCUT2D eigenvalue weighted by Crippen LogP contribution is -2.51. The fourth-order valence-electron chi connectivity index (χ4n) is 7.98. The number of rotatable bonds is 6. The Kier molecular flexibility index (Phi) is 6.92. The van der Waals surface area contributed by atoms with Crippen LogP contribution >= 0.6 is 0 Å². The smallest absolute Gasteiger partial charge is 0.373 e. The molecular weight excluding hydrogens is 476 g/mol. The summed E-state index contributed by atoms with van der Waals surface area (Å²) in [6, 6.07) is 0. The monoisotopic (exact) mass is 514 g/mol. The van der Waals surface area contributed by atoms with E-state index in [1.165, 1.54) is 5.57 Å². The first-order valence-corrected chi connectivity index (χ1v) is 13.8. The fraction of sp³-hybridized carbons (Fsp3) is 0.750. The molecule has 5 rings (SSSR count). The highest BCUT2D eigenvalue weighted by Crippen LogP contribution is 2.65. The summed E-state index contributed by atoms with van der Waals surface area (Å²) < 4.78 is 5.91. The molecule has 202 valence electrons. The molecule has 0 bridgehead atoms. The van der Waals surface area contributed by atoms with Crippen molar-refractivity contribution in [3.05, 3.63) is 11.6 Å². The lowest BCUT2D eigenvalue weighted by Gasteiger charge is -2.58. The SMILES string of the molecule is CCC(=O)OC1CCC2C3CCC4=CC(=NOCC(=O)ON5C(=O)CCC5=O)CCC4(C)C3CCC12C. The van der Waals surface area contributed by atoms with Crippen molar-refractivity contribution in [3.63, 3.8) is 0 Å². The molecule has 0 radical (unpaired) electrons. The van der Waals surface area contributed by atoms with E-state index in [0.29, 0.717) is 29.2 Å². The second kappa shape index (κ2) is 9.87. The van der Waals surface area contributed by atoms with E-state index in [2.05, 4.69) is 25.1 Å². The maximum Gasteiger partial charge on any atom is 0.373 e. The van der Waals surface area contributed by atoms with E-state index in [1.54, 1.807) is 0 Å². The number of fused-ring (bicyclic) bond motifs is 5. The van der Waals surface area contributed by atoms with Gasteiger partial charge in [-0.3, -0.25) is 14.4 Å². The van der Waals surface area contributed by atoms with Crippen molar-refractivity contribution in [1.29, 1.82) is 0 Å². The summed E-state index contributed by atoms with van der Waals surface area (Å²) in [5.74, 6) is -0.0951. The first-order chi connectivity index (χ1) is 17.7. The minimum absolute atomic E-state index is 0.0475. The molecule has 1 aliphatic heterocycles. The number of esters is 1. The number of ether oxygens (including phenoxy) is 1. The normalized spacial score (nSPS) is 38.0. The van der Waals surface area contributed by atoms with E-state index in [4.69, 9.17) is 14.4 Å². The van der Waals surface area contributed by atoms with Crippen LogP contribution < -0.4 is 0 Å². The molecule has 5 aliphatic rings. The molecule has 0 aromatic rings. The first kappa shape index (κ1) is 25.9. The van der Waals surface area contributed by atoms with Crippen LogP contribution in [-0.4, -0.2) is 47.2 Å². The zero-order chi connectivity index (χ0) is 26.4. The largest absolute Gasteiger partial charge is 0.462 e. The summed E-state index contributed by atoms with van der Waals surface area (Å²) in [4.78, 5) is 57.3. The molecule has 1 heterocycles. The Labute approximate surface area is 217 Å². The van der Waals surface area contributed by atoms with Gasteiger partial charge in [0.2, 0.25) is 6.61 Å². The summed E-state index contributed by atoms with van der Waals surface area (Å²) >= 11 is 0. The van der Waals surface area contributed by atoms with Crippen LogP contribution in [0, 0.1) is 28.6 Å². The molecule has 4 aliphatic carbocycles. The zero-order valence-electron chi connectivity index (χ0n) is 22.1. The van der Waals surface area contributed by atoms with Crippen molar-refractivity contribution in [2.45, 2.75) is 97.5 Å². The maximum atomic E-state index is 12.0. The van der Waals surface area contributed by atoms with Crippen molar-refractivity contribution < 1.29 is 33.6 Å². The van der Waals surface area contributed by atoms with E-state index < -0.39 is 24.4 Å². The van der Waals surface area contributed by atoms with Gasteiger partial charge in [0.1, 0.15) is 6.10 Å². The van der Waals surface area contributed by atoms with Crippen LogP contribution in [0.25, 0.3) is 0 Å². The topological polar surface area (TPSA) is 112 Å². The van der Waals surface area contributed by atoms with Crippen molar-refractivity contribution >= 4 is 29.5 Å².